The molecule has 1 fully saturated rings. The van der Waals surface area contributed by atoms with E-state index in [2.05, 4.69) is 21.2 Å². The molecule has 1 aliphatic carbocycles. The highest BCUT2D eigenvalue weighted by molar-refractivity contribution is 9.10. The lowest BCUT2D eigenvalue weighted by Gasteiger charge is -2.19. The first-order chi connectivity index (χ1) is 8.61. The number of hydrogen-bond donors (Lipinski definition) is 2. The number of rotatable bonds is 3. The summed E-state index contributed by atoms with van der Waals surface area (Å²) in [4.78, 5) is 12.1. The predicted octanol–water partition coefficient (Wildman–Crippen LogP) is 3.29. The Kier molecular flexibility index (Phi) is 4.51. The van der Waals surface area contributed by atoms with Crippen LogP contribution in [0.25, 0.3) is 0 Å². The number of amides is 1. The smallest absolute Gasteiger partial charge is 0.255 e. The van der Waals surface area contributed by atoms with E-state index < -0.39 is 0 Å². The molecule has 0 saturated heterocycles. The highest BCUT2D eigenvalue weighted by Gasteiger charge is 2.28. The molecule has 98 valence electrons. The summed E-state index contributed by atoms with van der Waals surface area (Å²) in [5, 5.41) is 12.7. The number of aromatic hydroxyl groups is 1. The van der Waals surface area contributed by atoms with Crippen LogP contribution in [0.3, 0.4) is 0 Å². The third-order valence-electron chi connectivity index (χ3n) is 3.38. The minimum Gasteiger partial charge on any atom is -0.507 e. The molecule has 0 spiro atoms. The summed E-state index contributed by atoms with van der Waals surface area (Å²) in [5.41, 5.74) is 0.296. The molecule has 1 saturated carbocycles. The van der Waals surface area contributed by atoms with Crippen LogP contribution in [0.1, 0.15) is 29.6 Å². The lowest BCUT2D eigenvalue weighted by molar-refractivity contribution is 0.0927. The first-order valence-electron chi connectivity index (χ1n) is 5.97. The van der Waals surface area contributed by atoms with Gasteiger partial charge in [0.15, 0.2) is 0 Å². The van der Waals surface area contributed by atoms with Crippen LogP contribution >= 0.6 is 27.5 Å². The molecule has 1 aromatic rings. The fraction of sp³-hybridized carbons (Fsp3) is 0.462. The quantitative estimate of drug-likeness (QED) is 0.835. The number of phenolic OH excluding ortho intramolecular Hbond substituents is 1. The molecule has 18 heavy (non-hydrogen) atoms. The van der Waals surface area contributed by atoms with E-state index in [4.69, 9.17) is 11.6 Å². The maximum atomic E-state index is 12.1. The number of carbonyl (C=O) groups excluding carboxylic acids is 1. The topological polar surface area (TPSA) is 49.3 Å². The van der Waals surface area contributed by atoms with Crippen molar-refractivity contribution in [3.05, 3.63) is 28.2 Å². The lowest BCUT2D eigenvalue weighted by atomic mass is 10.1. The zero-order valence-electron chi connectivity index (χ0n) is 9.83. The van der Waals surface area contributed by atoms with Crippen LogP contribution in [0, 0.1) is 5.92 Å². The molecule has 1 amide bonds. The Morgan fingerprint density at radius 2 is 2.28 bits per heavy atom. The molecule has 3 nitrogen and oxygen atoms in total. The van der Waals surface area contributed by atoms with Gasteiger partial charge in [-0.3, -0.25) is 4.79 Å². The summed E-state index contributed by atoms with van der Waals surface area (Å²) in [6.45, 7) is 0. The van der Waals surface area contributed by atoms with Gasteiger partial charge in [0, 0.05) is 16.4 Å². The second-order valence-corrected chi connectivity index (χ2v) is 5.81. The van der Waals surface area contributed by atoms with Gasteiger partial charge in [-0.2, -0.15) is 0 Å². The molecule has 5 heteroatoms. The van der Waals surface area contributed by atoms with Gasteiger partial charge < -0.3 is 10.4 Å². The van der Waals surface area contributed by atoms with Crippen molar-refractivity contribution >= 4 is 33.4 Å². The summed E-state index contributed by atoms with van der Waals surface area (Å²) in [5.74, 6) is 0.659. The van der Waals surface area contributed by atoms with Crippen LogP contribution in [-0.4, -0.2) is 22.9 Å². The predicted molar refractivity (Wildman–Crippen MR) is 75.1 cm³/mol. The molecule has 2 N–H and O–H groups in total. The number of benzene rings is 1. The van der Waals surface area contributed by atoms with E-state index in [0.29, 0.717) is 17.4 Å². The van der Waals surface area contributed by atoms with Gasteiger partial charge in [0.25, 0.3) is 5.91 Å². The molecule has 1 aromatic carbocycles. The van der Waals surface area contributed by atoms with Gasteiger partial charge >= 0.3 is 0 Å². The SMILES string of the molecule is O=C(NC1CCCC1CCl)c1cc(Br)ccc1O. The first kappa shape index (κ1) is 13.7. The molecule has 2 unspecified atom stereocenters. The van der Waals surface area contributed by atoms with Gasteiger partial charge in [-0.05, 0) is 37.0 Å². The average molecular weight is 333 g/mol. The largest absolute Gasteiger partial charge is 0.507 e. The monoisotopic (exact) mass is 331 g/mol. The number of nitrogens with one attached hydrogen (secondary N) is 1. The fourth-order valence-corrected chi connectivity index (χ4v) is 3.08. The fourth-order valence-electron chi connectivity index (χ4n) is 2.35. The third-order valence-corrected chi connectivity index (χ3v) is 4.27. The average Bonchev–Trinajstić information content (AvgIpc) is 2.79. The van der Waals surface area contributed by atoms with Crippen molar-refractivity contribution in [1.29, 1.82) is 0 Å². The Morgan fingerprint density at radius 1 is 1.50 bits per heavy atom. The zero-order chi connectivity index (χ0) is 13.1. The summed E-state index contributed by atoms with van der Waals surface area (Å²) >= 11 is 9.17. The van der Waals surface area contributed by atoms with Crippen molar-refractivity contribution in [1.82, 2.24) is 5.32 Å². The number of phenols is 1. The van der Waals surface area contributed by atoms with Crippen molar-refractivity contribution < 1.29 is 9.90 Å². The van der Waals surface area contributed by atoms with Crippen molar-refractivity contribution in [2.75, 3.05) is 5.88 Å². The van der Waals surface area contributed by atoms with Crippen LogP contribution in [0.15, 0.2) is 22.7 Å². The molecule has 2 rings (SSSR count). The molecule has 0 bridgehead atoms. The van der Waals surface area contributed by atoms with Crippen LogP contribution in [0.5, 0.6) is 5.75 Å². The molecular formula is C13H15BrClNO2. The number of carbonyl (C=O) groups is 1. The molecule has 0 aromatic heterocycles. The van der Waals surface area contributed by atoms with E-state index in [9.17, 15) is 9.90 Å². The summed E-state index contributed by atoms with van der Waals surface area (Å²) in [6.07, 6.45) is 3.10. The molecule has 0 radical (unpaired) electrons. The third kappa shape index (κ3) is 2.98. The molecule has 0 aliphatic heterocycles. The summed E-state index contributed by atoms with van der Waals surface area (Å²) < 4.78 is 0.769. The second kappa shape index (κ2) is 5.93. The summed E-state index contributed by atoms with van der Waals surface area (Å²) in [6, 6.07) is 4.94. The van der Waals surface area contributed by atoms with Gasteiger partial charge in [0.2, 0.25) is 0 Å². The van der Waals surface area contributed by atoms with E-state index >= 15 is 0 Å². The van der Waals surface area contributed by atoms with Gasteiger partial charge in [0.05, 0.1) is 5.56 Å². The standard InChI is InChI=1S/C13H15BrClNO2/c14-9-4-5-12(17)10(6-9)13(18)16-11-3-1-2-8(11)7-15/h4-6,8,11,17H,1-3,7H2,(H,16,18). The van der Waals surface area contributed by atoms with Crippen molar-refractivity contribution in [3.63, 3.8) is 0 Å². The van der Waals surface area contributed by atoms with Crippen molar-refractivity contribution in [2.24, 2.45) is 5.92 Å². The highest BCUT2D eigenvalue weighted by atomic mass is 79.9. The number of hydrogen-bond acceptors (Lipinski definition) is 2. The van der Waals surface area contributed by atoms with Crippen LogP contribution < -0.4 is 5.32 Å². The summed E-state index contributed by atoms with van der Waals surface area (Å²) in [7, 11) is 0. The normalized spacial score (nSPS) is 23.0. The Balaban J connectivity index is 2.09. The van der Waals surface area contributed by atoms with E-state index in [1.807, 2.05) is 0 Å². The zero-order valence-corrected chi connectivity index (χ0v) is 12.2. The van der Waals surface area contributed by atoms with Crippen LogP contribution in [0.2, 0.25) is 0 Å². The second-order valence-electron chi connectivity index (χ2n) is 4.59. The van der Waals surface area contributed by atoms with E-state index in [1.165, 1.54) is 6.07 Å². The molecular weight excluding hydrogens is 318 g/mol. The number of halogens is 2. The number of alkyl halides is 1. The Labute approximate surface area is 120 Å². The Bertz CT molecular complexity index is 453. The Morgan fingerprint density at radius 3 is 3.00 bits per heavy atom. The van der Waals surface area contributed by atoms with Gasteiger partial charge in [0.1, 0.15) is 5.75 Å². The first-order valence-corrected chi connectivity index (χ1v) is 7.30. The molecule has 1 aliphatic rings. The van der Waals surface area contributed by atoms with Crippen molar-refractivity contribution in [2.45, 2.75) is 25.3 Å². The molecule has 0 heterocycles. The van der Waals surface area contributed by atoms with Gasteiger partial charge in [-0.1, -0.05) is 22.4 Å². The molecule has 2 atom stereocenters. The van der Waals surface area contributed by atoms with Gasteiger partial charge in [-0.15, -0.1) is 11.6 Å². The van der Waals surface area contributed by atoms with E-state index in [1.54, 1.807) is 12.1 Å². The van der Waals surface area contributed by atoms with E-state index in [-0.39, 0.29) is 17.7 Å². The lowest BCUT2D eigenvalue weighted by Crippen LogP contribution is -2.37. The van der Waals surface area contributed by atoms with Crippen LogP contribution in [0.4, 0.5) is 0 Å². The highest BCUT2D eigenvalue weighted by Crippen LogP contribution is 2.28. The van der Waals surface area contributed by atoms with E-state index in [0.717, 1.165) is 23.7 Å². The van der Waals surface area contributed by atoms with Crippen LogP contribution in [-0.2, 0) is 0 Å². The minimum absolute atomic E-state index is 0.00359. The maximum absolute atomic E-state index is 12.1. The van der Waals surface area contributed by atoms with Crippen molar-refractivity contribution in [3.8, 4) is 5.75 Å². The maximum Gasteiger partial charge on any atom is 0.255 e. The minimum atomic E-state index is -0.240. The Hall–Kier alpha value is -0.740. The van der Waals surface area contributed by atoms with Gasteiger partial charge in [-0.25, -0.2) is 0 Å².